The standard InChI is InChI=1S/C15H19BrN2O/c16-13-3-1-11(2-4-13)9-15(19)18-8-6-14-12(10-18)5-7-17-14/h1-4,12,14,17H,5-10H2. The van der Waals surface area contributed by atoms with Crippen molar-refractivity contribution in [2.24, 2.45) is 5.92 Å². The number of benzene rings is 1. The Hall–Kier alpha value is -0.870. The third-order valence-corrected chi connectivity index (χ3v) is 4.81. The van der Waals surface area contributed by atoms with E-state index in [0.29, 0.717) is 18.4 Å². The normalized spacial score (nSPS) is 26.3. The van der Waals surface area contributed by atoms with Crippen LogP contribution in [0.4, 0.5) is 0 Å². The number of rotatable bonds is 2. The summed E-state index contributed by atoms with van der Waals surface area (Å²) in [6.07, 6.45) is 2.85. The summed E-state index contributed by atoms with van der Waals surface area (Å²) in [7, 11) is 0. The molecule has 0 aromatic heterocycles. The maximum atomic E-state index is 12.3. The predicted molar refractivity (Wildman–Crippen MR) is 78.9 cm³/mol. The topological polar surface area (TPSA) is 32.3 Å². The molecule has 1 amide bonds. The number of nitrogens with one attached hydrogen (secondary N) is 1. The van der Waals surface area contributed by atoms with Crippen molar-refractivity contribution in [2.75, 3.05) is 19.6 Å². The number of carbonyl (C=O) groups is 1. The lowest BCUT2D eigenvalue weighted by Crippen LogP contribution is -2.47. The van der Waals surface area contributed by atoms with Crippen molar-refractivity contribution in [3.8, 4) is 0 Å². The second-order valence-corrected chi connectivity index (χ2v) is 6.46. The number of hydrogen-bond acceptors (Lipinski definition) is 2. The molecule has 2 heterocycles. The molecule has 2 saturated heterocycles. The fourth-order valence-electron chi connectivity index (χ4n) is 3.16. The zero-order valence-electron chi connectivity index (χ0n) is 10.9. The van der Waals surface area contributed by atoms with Crippen molar-refractivity contribution in [1.29, 1.82) is 0 Å². The quantitative estimate of drug-likeness (QED) is 0.905. The van der Waals surface area contributed by atoms with Gasteiger partial charge in [-0.15, -0.1) is 0 Å². The SMILES string of the molecule is O=C(Cc1ccc(Br)cc1)N1CCC2NCCC2C1. The number of nitrogens with zero attached hydrogens (tertiary/aromatic N) is 1. The molecule has 1 aromatic carbocycles. The molecule has 2 aliphatic heterocycles. The van der Waals surface area contributed by atoms with Gasteiger partial charge in [-0.05, 0) is 43.0 Å². The van der Waals surface area contributed by atoms with Gasteiger partial charge in [0.05, 0.1) is 6.42 Å². The minimum atomic E-state index is 0.271. The Labute approximate surface area is 122 Å². The number of amides is 1. The second kappa shape index (κ2) is 5.63. The van der Waals surface area contributed by atoms with Gasteiger partial charge < -0.3 is 10.2 Å². The maximum absolute atomic E-state index is 12.3. The van der Waals surface area contributed by atoms with Crippen molar-refractivity contribution >= 4 is 21.8 Å². The number of likely N-dealkylation sites (tertiary alicyclic amines) is 1. The monoisotopic (exact) mass is 322 g/mol. The van der Waals surface area contributed by atoms with Gasteiger partial charge in [0.1, 0.15) is 0 Å². The summed E-state index contributed by atoms with van der Waals surface area (Å²) in [5.41, 5.74) is 1.10. The van der Waals surface area contributed by atoms with E-state index >= 15 is 0 Å². The van der Waals surface area contributed by atoms with Crippen molar-refractivity contribution < 1.29 is 4.79 Å². The van der Waals surface area contributed by atoms with E-state index in [4.69, 9.17) is 0 Å². The van der Waals surface area contributed by atoms with Crippen LogP contribution in [0, 0.1) is 5.92 Å². The van der Waals surface area contributed by atoms with Crippen molar-refractivity contribution in [3.05, 3.63) is 34.3 Å². The summed E-state index contributed by atoms with van der Waals surface area (Å²) >= 11 is 3.42. The average molecular weight is 323 g/mol. The summed E-state index contributed by atoms with van der Waals surface area (Å²) in [5.74, 6) is 0.940. The zero-order valence-corrected chi connectivity index (χ0v) is 12.5. The molecule has 2 unspecified atom stereocenters. The molecule has 0 radical (unpaired) electrons. The Bertz CT molecular complexity index is 460. The maximum Gasteiger partial charge on any atom is 0.227 e. The highest BCUT2D eigenvalue weighted by atomic mass is 79.9. The number of fused-ring (bicyclic) bond motifs is 1. The first-order valence-electron chi connectivity index (χ1n) is 6.98. The molecule has 2 atom stereocenters. The highest BCUT2D eigenvalue weighted by Crippen LogP contribution is 2.25. The molecule has 1 N–H and O–H groups in total. The van der Waals surface area contributed by atoms with Crippen LogP contribution in [0.3, 0.4) is 0 Å². The van der Waals surface area contributed by atoms with Gasteiger partial charge in [0.25, 0.3) is 0 Å². The first kappa shape index (κ1) is 13.1. The van der Waals surface area contributed by atoms with Crippen molar-refractivity contribution in [1.82, 2.24) is 10.2 Å². The van der Waals surface area contributed by atoms with E-state index in [1.165, 1.54) is 6.42 Å². The van der Waals surface area contributed by atoms with E-state index in [1.807, 2.05) is 24.3 Å². The summed E-state index contributed by atoms with van der Waals surface area (Å²) in [6.45, 7) is 2.96. The molecular formula is C15H19BrN2O. The van der Waals surface area contributed by atoms with Crippen LogP contribution in [-0.2, 0) is 11.2 Å². The van der Waals surface area contributed by atoms with Crippen LogP contribution in [0.2, 0.25) is 0 Å². The minimum absolute atomic E-state index is 0.271. The fraction of sp³-hybridized carbons (Fsp3) is 0.533. The van der Waals surface area contributed by atoms with Crippen LogP contribution in [0.25, 0.3) is 0 Å². The Kier molecular flexibility index (Phi) is 3.89. The van der Waals surface area contributed by atoms with Crippen molar-refractivity contribution in [2.45, 2.75) is 25.3 Å². The lowest BCUT2D eigenvalue weighted by atomic mass is 9.93. The van der Waals surface area contributed by atoms with Crippen molar-refractivity contribution in [3.63, 3.8) is 0 Å². The fourth-order valence-corrected chi connectivity index (χ4v) is 3.43. The minimum Gasteiger partial charge on any atom is -0.342 e. The lowest BCUT2D eigenvalue weighted by molar-refractivity contribution is -0.132. The second-order valence-electron chi connectivity index (χ2n) is 5.54. The molecule has 102 valence electrons. The molecule has 0 aliphatic carbocycles. The Morgan fingerprint density at radius 2 is 2.11 bits per heavy atom. The van der Waals surface area contributed by atoms with Crippen LogP contribution < -0.4 is 5.32 Å². The van der Waals surface area contributed by atoms with Crippen LogP contribution in [0.1, 0.15) is 18.4 Å². The van der Waals surface area contributed by atoms with Gasteiger partial charge in [-0.3, -0.25) is 4.79 Å². The van der Waals surface area contributed by atoms with E-state index < -0.39 is 0 Å². The van der Waals surface area contributed by atoms with Gasteiger partial charge in [-0.25, -0.2) is 0 Å². The summed E-state index contributed by atoms with van der Waals surface area (Å²) < 4.78 is 1.06. The number of carbonyl (C=O) groups excluding carboxylic acids is 1. The molecule has 0 spiro atoms. The van der Waals surface area contributed by atoms with E-state index in [2.05, 4.69) is 26.1 Å². The van der Waals surface area contributed by atoms with Gasteiger partial charge >= 0.3 is 0 Å². The average Bonchev–Trinajstić information content (AvgIpc) is 2.88. The molecule has 0 saturated carbocycles. The summed E-state index contributed by atoms with van der Waals surface area (Å²) in [4.78, 5) is 14.4. The van der Waals surface area contributed by atoms with Crippen LogP contribution >= 0.6 is 15.9 Å². The molecule has 3 rings (SSSR count). The molecule has 1 aromatic rings. The Morgan fingerprint density at radius 3 is 2.89 bits per heavy atom. The zero-order chi connectivity index (χ0) is 13.2. The Balaban J connectivity index is 1.59. The third kappa shape index (κ3) is 3.00. The van der Waals surface area contributed by atoms with E-state index in [1.54, 1.807) is 0 Å². The molecule has 2 aliphatic rings. The van der Waals surface area contributed by atoms with Gasteiger partial charge in [-0.1, -0.05) is 28.1 Å². The number of hydrogen-bond donors (Lipinski definition) is 1. The molecule has 0 bridgehead atoms. The van der Waals surface area contributed by atoms with E-state index in [-0.39, 0.29) is 5.91 Å². The van der Waals surface area contributed by atoms with Gasteiger partial charge in [0, 0.05) is 23.6 Å². The van der Waals surface area contributed by atoms with Gasteiger partial charge in [0.15, 0.2) is 0 Å². The molecule has 3 nitrogen and oxygen atoms in total. The van der Waals surface area contributed by atoms with Crippen LogP contribution in [0.5, 0.6) is 0 Å². The number of piperidine rings is 1. The molecule has 19 heavy (non-hydrogen) atoms. The molecule has 2 fully saturated rings. The Morgan fingerprint density at radius 1 is 1.32 bits per heavy atom. The highest BCUT2D eigenvalue weighted by Gasteiger charge is 2.34. The van der Waals surface area contributed by atoms with Crippen LogP contribution in [-0.4, -0.2) is 36.5 Å². The number of halogens is 1. The third-order valence-electron chi connectivity index (χ3n) is 4.28. The first-order valence-corrected chi connectivity index (χ1v) is 7.77. The molecule has 4 heteroatoms. The van der Waals surface area contributed by atoms with E-state index in [9.17, 15) is 4.79 Å². The van der Waals surface area contributed by atoms with Gasteiger partial charge in [0.2, 0.25) is 5.91 Å². The highest BCUT2D eigenvalue weighted by molar-refractivity contribution is 9.10. The van der Waals surface area contributed by atoms with E-state index in [0.717, 1.165) is 36.1 Å². The van der Waals surface area contributed by atoms with Crippen LogP contribution in [0.15, 0.2) is 28.7 Å². The largest absolute Gasteiger partial charge is 0.342 e. The summed E-state index contributed by atoms with van der Waals surface area (Å²) in [6, 6.07) is 8.68. The first-order chi connectivity index (χ1) is 9.22. The van der Waals surface area contributed by atoms with Gasteiger partial charge in [-0.2, -0.15) is 0 Å². The summed E-state index contributed by atoms with van der Waals surface area (Å²) in [5, 5.41) is 3.53. The lowest BCUT2D eigenvalue weighted by Gasteiger charge is -2.35. The smallest absolute Gasteiger partial charge is 0.227 e. The predicted octanol–water partition coefficient (Wildman–Crippen LogP) is 2.20. The molecular weight excluding hydrogens is 304 g/mol.